The fraction of sp³-hybridized carbons (Fsp3) is 0.500. The number of carbonyl (C=O) groups is 3. The summed E-state index contributed by atoms with van der Waals surface area (Å²) >= 11 is 1.40. The van der Waals surface area contributed by atoms with Crippen LogP contribution in [0.1, 0.15) is 77.3 Å². The summed E-state index contributed by atoms with van der Waals surface area (Å²) in [5.74, 6) is -0.999. The molecular weight excluding hydrogens is 741 g/mol. The average molecular weight is 799 g/mol. The average Bonchev–Trinajstić information content (AvgIpc) is 3.48. The summed E-state index contributed by atoms with van der Waals surface area (Å²) < 4.78 is 16.1. The zero-order chi connectivity index (χ0) is 41.2. The number of nitrogens with one attached hydrogen (secondary N) is 2. The van der Waals surface area contributed by atoms with Gasteiger partial charge in [-0.25, -0.2) is 5.43 Å². The fourth-order valence-corrected chi connectivity index (χ4v) is 8.88. The van der Waals surface area contributed by atoms with Crippen molar-refractivity contribution in [3.63, 3.8) is 0 Å². The summed E-state index contributed by atoms with van der Waals surface area (Å²) in [7, 11) is 5.46. The number of rotatable bonds is 9. The number of aromatic nitrogens is 2. The molecule has 4 heterocycles. The lowest BCUT2D eigenvalue weighted by Crippen LogP contribution is -2.61. The molecule has 1 saturated heterocycles. The zero-order valence-electron chi connectivity index (χ0n) is 34.7. The number of esters is 1. The van der Waals surface area contributed by atoms with Crippen molar-refractivity contribution in [1.29, 1.82) is 0 Å². The van der Waals surface area contributed by atoms with Crippen LogP contribution < -0.4 is 10.7 Å². The first-order valence-corrected chi connectivity index (χ1v) is 20.8. The summed E-state index contributed by atoms with van der Waals surface area (Å²) in [5.41, 5.74) is 9.99. The lowest BCUT2D eigenvalue weighted by Gasteiger charge is -2.36. The molecule has 1 fully saturated rings. The molecule has 0 saturated carbocycles. The number of phenolic OH excluding ortho intramolecular Hbond substituents is 1. The van der Waals surface area contributed by atoms with Crippen LogP contribution >= 0.6 is 11.9 Å². The van der Waals surface area contributed by atoms with Gasteiger partial charge in [-0.2, -0.15) is 0 Å². The second-order valence-electron chi connectivity index (χ2n) is 16.6. The van der Waals surface area contributed by atoms with Gasteiger partial charge in [-0.3, -0.25) is 28.7 Å². The highest BCUT2D eigenvalue weighted by molar-refractivity contribution is 7.98. The second kappa shape index (κ2) is 17.6. The molecule has 2 amide bonds. The second-order valence-corrected chi connectivity index (χ2v) is 18.1. The number of fused-ring (bicyclic) bond motifs is 6. The molecule has 3 N–H and O–H groups in total. The van der Waals surface area contributed by atoms with Crippen LogP contribution in [0.3, 0.4) is 0 Å². The van der Waals surface area contributed by atoms with Crippen LogP contribution in [0.2, 0.25) is 0 Å². The SMILES string of the molecule is CCn1c(-c2cccnc2C(C)OC)c2c3cc(ccc31)-c1cc(O)cc(c1)CC(NC(=O)C(SN(C)C)C(C)C)C(=O)N1CCC[C@H](N1)C(=O)OCC(C)(C)C2. The standard InChI is InChI=1S/C44H58N6O6S/c1-10-49-37-16-15-29-23-33(37)34(39(49)32-13-11-17-45-38(32)27(4)55-9)24-44(5,6)25-56-43(54)35-14-12-18-50(47-35)42(53)36(21-28-19-30(29)22-31(51)20-28)46-41(52)40(26(2)3)57-48(7)8/h11,13,15-17,19-20,22-23,26-27,35-36,40,47,51H,10,12,14,18,21,24-25H2,1-9H3,(H,46,52)/t27?,35-,36?,40?/m0/s1. The van der Waals surface area contributed by atoms with Gasteiger partial charge < -0.3 is 24.5 Å². The molecular formula is C44H58N6O6S. The van der Waals surface area contributed by atoms with Gasteiger partial charge in [0.1, 0.15) is 23.1 Å². The highest BCUT2D eigenvalue weighted by Crippen LogP contribution is 2.42. The van der Waals surface area contributed by atoms with E-state index in [0.29, 0.717) is 37.9 Å². The number of methoxy groups -OCH3 is 1. The van der Waals surface area contributed by atoms with Crippen molar-refractivity contribution in [3.05, 3.63) is 71.5 Å². The molecule has 13 heteroatoms. The molecule has 57 heavy (non-hydrogen) atoms. The summed E-state index contributed by atoms with van der Waals surface area (Å²) in [4.78, 5) is 46.8. The first-order valence-electron chi connectivity index (χ1n) is 20.0. The maximum Gasteiger partial charge on any atom is 0.324 e. The Kier molecular flexibility index (Phi) is 13.0. The number of ether oxygens (including phenoxy) is 2. The molecule has 2 aliphatic rings. The third-order valence-corrected chi connectivity index (χ3v) is 12.3. The number of amides is 2. The summed E-state index contributed by atoms with van der Waals surface area (Å²) in [6.45, 7) is 13.5. The van der Waals surface area contributed by atoms with Gasteiger partial charge in [0.15, 0.2) is 0 Å². The van der Waals surface area contributed by atoms with Gasteiger partial charge in [0.2, 0.25) is 5.91 Å². The van der Waals surface area contributed by atoms with Crippen LogP contribution in [0.15, 0.2) is 54.7 Å². The van der Waals surface area contributed by atoms with Crippen molar-refractivity contribution >= 4 is 40.6 Å². The van der Waals surface area contributed by atoms with Crippen molar-refractivity contribution in [2.24, 2.45) is 11.3 Å². The predicted octanol–water partition coefficient (Wildman–Crippen LogP) is 6.69. The molecule has 306 valence electrons. The summed E-state index contributed by atoms with van der Waals surface area (Å²) in [6.07, 6.45) is 3.32. The number of hydrazine groups is 1. The van der Waals surface area contributed by atoms with E-state index in [9.17, 15) is 19.5 Å². The number of aryl methyl sites for hydroxylation is 1. The molecule has 2 aromatic heterocycles. The first-order chi connectivity index (χ1) is 27.1. The van der Waals surface area contributed by atoms with E-state index in [-0.39, 0.29) is 42.6 Å². The van der Waals surface area contributed by atoms with Gasteiger partial charge in [-0.15, -0.1) is 0 Å². The van der Waals surface area contributed by atoms with Crippen LogP contribution in [0.25, 0.3) is 33.3 Å². The van der Waals surface area contributed by atoms with E-state index in [0.717, 1.165) is 44.5 Å². The minimum Gasteiger partial charge on any atom is -0.508 e. The van der Waals surface area contributed by atoms with Gasteiger partial charge in [0, 0.05) is 54.7 Å². The van der Waals surface area contributed by atoms with Crippen molar-refractivity contribution in [2.75, 3.05) is 34.4 Å². The Bertz CT molecular complexity index is 2110. The van der Waals surface area contributed by atoms with Crippen molar-refractivity contribution in [2.45, 2.75) is 97.2 Å². The lowest BCUT2D eigenvalue weighted by molar-refractivity contribution is -0.155. The largest absolute Gasteiger partial charge is 0.508 e. The number of pyridine rings is 1. The fourth-order valence-electron chi connectivity index (χ4n) is 8.02. The van der Waals surface area contributed by atoms with Crippen LogP contribution in [0, 0.1) is 11.3 Å². The molecule has 0 radical (unpaired) electrons. The minimum atomic E-state index is -0.977. The number of phenols is 1. The Balaban J connectivity index is 1.53. The number of benzene rings is 2. The number of aromatic hydroxyl groups is 1. The van der Waals surface area contributed by atoms with E-state index in [1.54, 1.807) is 25.4 Å². The summed E-state index contributed by atoms with van der Waals surface area (Å²) in [6, 6.07) is 14.0. The minimum absolute atomic E-state index is 0.00776. The van der Waals surface area contributed by atoms with E-state index < -0.39 is 28.7 Å². The number of nitrogens with zero attached hydrogens (tertiary/aromatic N) is 4. The first kappa shape index (κ1) is 42.2. The zero-order valence-corrected chi connectivity index (χ0v) is 35.5. The highest BCUT2D eigenvalue weighted by Gasteiger charge is 2.36. The Morgan fingerprint density at radius 3 is 2.61 bits per heavy atom. The van der Waals surface area contributed by atoms with Gasteiger partial charge in [0.05, 0.1) is 24.1 Å². The molecule has 6 bridgehead atoms. The Hall–Kier alpha value is -4.43. The third-order valence-electron chi connectivity index (χ3n) is 10.9. The maximum atomic E-state index is 14.4. The van der Waals surface area contributed by atoms with Crippen molar-refractivity contribution in [3.8, 4) is 28.1 Å². The quantitative estimate of drug-likeness (QED) is 0.124. The smallest absolute Gasteiger partial charge is 0.324 e. The van der Waals surface area contributed by atoms with Gasteiger partial charge in [-0.1, -0.05) is 51.8 Å². The van der Waals surface area contributed by atoms with Gasteiger partial charge in [0.25, 0.3) is 5.91 Å². The number of cyclic esters (lactones) is 1. The molecule has 12 nitrogen and oxygen atoms in total. The molecule has 2 aliphatic heterocycles. The van der Waals surface area contributed by atoms with Gasteiger partial charge >= 0.3 is 5.97 Å². The maximum absolute atomic E-state index is 14.4. The molecule has 0 aliphatic carbocycles. The Morgan fingerprint density at radius 2 is 1.91 bits per heavy atom. The molecule has 4 atom stereocenters. The number of hydrogen-bond acceptors (Lipinski definition) is 10. The van der Waals surface area contributed by atoms with Crippen LogP contribution in [-0.2, 0) is 43.2 Å². The molecule has 4 aromatic rings. The van der Waals surface area contributed by atoms with E-state index in [4.69, 9.17) is 14.5 Å². The van der Waals surface area contributed by atoms with E-state index >= 15 is 0 Å². The van der Waals surface area contributed by atoms with E-state index in [1.807, 2.05) is 51.3 Å². The van der Waals surface area contributed by atoms with Crippen LogP contribution in [0.5, 0.6) is 5.75 Å². The van der Waals surface area contributed by atoms with E-state index in [1.165, 1.54) is 17.0 Å². The van der Waals surface area contributed by atoms with Crippen LogP contribution in [0.4, 0.5) is 0 Å². The topological polar surface area (TPSA) is 138 Å². The lowest BCUT2D eigenvalue weighted by atomic mass is 9.84. The third kappa shape index (κ3) is 9.33. The van der Waals surface area contributed by atoms with Crippen molar-refractivity contribution in [1.82, 2.24) is 29.6 Å². The normalized spacial score (nSPS) is 20.0. The number of hydrogen-bond donors (Lipinski definition) is 3. The highest BCUT2D eigenvalue weighted by atomic mass is 32.2. The monoisotopic (exact) mass is 798 g/mol. The molecule has 6 rings (SSSR count). The Labute approximate surface area is 340 Å². The Morgan fingerprint density at radius 1 is 1.14 bits per heavy atom. The van der Waals surface area contributed by atoms with E-state index in [2.05, 4.69) is 60.3 Å². The molecule has 3 unspecified atom stereocenters. The van der Waals surface area contributed by atoms with Crippen molar-refractivity contribution < 1.29 is 29.0 Å². The summed E-state index contributed by atoms with van der Waals surface area (Å²) in [5, 5.41) is 16.3. The molecule has 0 spiro atoms. The predicted molar refractivity (Wildman–Crippen MR) is 225 cm³/mol. The van der Waals surface area contributed by atoms with Crippen LogP contribution in [-0.4, -0.2) is 93.4 Å². The van der Waals surface area contributed by atoms with Gasteiger partial charge in [-0.05, 0) is 112 Å². The number of carbonyl (C=O) groups excluding carboxylic acids is 3. The molecule has 2 aromatic carbocycles.